The van der Waals surface area contributed by atoms with Gasteiger partial charge in [-0.2, -0.15) is 0 Å². The number of aromatic nitrogens is 2. The zero-order chi connectivity index (χ0) is 14.2. The van der Waals surface area contributed by atoms with E-state index in [1.165, 1.54) is 64.5 Å². The Bertz CT molecular complexity index is 489. The first-order chi connectivity index (χ1) is 10.3. The van der Waals surface area contributed by atoms with E-state index in [4.69, 9.17) is 4.98 Å². The van der Waals surface area contributed by atoms with Crippen LogP contribution in [0.4, 0.5) is 5.95 Å². The van der Waals surface area contributed by atoms with Crippen molar-refractivity contribution >= 4 is 5.95 Å². The van der Waals surface area contributed by atoms with Gasteiger partial charge in [0.15, 0.2) is 0 Å². The van der Waals surface area contributed by atoms with Crippen LogP contribution in [0.25, 0.3) is 0 Å². The van der Waals surface area contributed by atoms with Gasteiger partial charge in [0.2, 0.25) is 5.95 Å². The summed E-state index contributed by atoms with van der Waals surface area (Å²) in [7, 11) is 0. The third kappa shape index (κ3) is 2.59. The molecular formula is C17H28N4. The fraction of sp³-hybridized carbons (Fsp3) is 0.824. The lowest BCUT2D eigenvalue weighted by atomic mass is 9.99. The van der Waals surface area contributed by atoms with Gasteiger partial charge in [-0.05, 0) is 45.6 Å². The molecule has 1 saturated carbocycles. The first-order valence-corrected chi connectivity index (χ1v) is 8.87. The minimum absolute atomic E-state index is 0.635. The number of hydrogen-bond donors (Lipinski definition) is 1. The van der Waals surface area contributed by atoms with E-state index in [0.717, 1.165) is 17.7 Å². The van der Waals surface area contributed by atoms with Gasteiger partial charge in [0.25, 0.3) is 0 Å². The van der Waals surface area contributed by atoms with Gasteiger partial charge in [-0.3, -0.25) is 4.90 Å². The highest BCUT2D eigenvalue weighted by Crippen LogP contribution is 2.37. The molecule has 2 saturated heterocycles. The Kier molecular flexibility index (Phi) is 3.66. The number of imidazole rings is 1. The number of hydrogen-bond acceptors (Lipinski definition) is 3. The molecular weight excluding hydrogens is 260 g/mol. The van der Waals surface area contributed by atoms with Crippen LogP contribution in [0.1, 0.15) is 63.1 Å². The van der Waals surface area contributed by atoms with E-state index in [1.54, 1.807) is 0 Å². The Morgan fingerprint density at radius 2 is 1.81 bits per heavy atom. The molecule has 1 aromatic heterocycles. The van der Waals surface area contributed by atoms with E-state index < -0.39 is 0 Å². The van der Waals surface area contributed by atoms with Crippen molar-refractivity contribution in [2.75, 3.05) is 18.4 Å². The average Bonchev–Trinajstić information content (AvgIpc) is 3.19. The van der Waals surface area contributed by atoms with Crippen LogP contribution in [0.2, 0.25) is 0 Å². The Morgan fingerprint density at radius 3 is 2.67 bits per heavy atom. The van der Waals surface area contributed by atoms with Gasteiger partial charge < -0.3 is 9.88 Å². The fourth-order valence-corrected chi connectivity index (χ4v) is 4.67. The summed E-state index contributed by atoms with van der Waals surface area (Å²) in [4.78, 5) is 7.50. The molecule has 116 valence electrons. The summed E-state index contributed by atoms with van der Waals surface area (Å²) in [6.45, 7) is 4.71. The molecule has 3 fully saturated rings. The quantitative estimate of drug-likeness (QED) is 0.926. The summed E-state index contributed by atoms with van der Waals surface area (Å²) in [5.74, 6) is 1.14. The van der Waals surface area contributed by atoms with Crippen molar-refractivity contribution in [1.29, 1.82) is 0 Å². The molecule has 4 nitrogen and oxygen atoms in total. The maximum Gasteiger partial charge on any atom is 0.203 e. The predicted octanol–water partition coefficient (Wildman–Crippen LogP) is 3.35. The van der Waals surface area contributed by atoms with Crippen molar-refractivity contribution in [1.82, 2.24) is 14.5 Å². The smallest absolute Gasteiger partial charge is 0.203 e. The predicted molar refractivity (Wildman–Crippen MR) is 85.7 cm³/mol. The molecule has 3 aliphatic rings. The standard InChI is InChI=1S/C17H28N4/c1-13-12-21(17(18-13)19-14-6-2-3-7-14)16-9-11-20-10-5-4-8-15(16)20/h12,14-16H,2-11H2,1H3,(H,18,19). The minimum Gasteiger partial charge on any atom is -0.353 e. The Hall–Kier alpha value is -1.03. The van der Waals surface area contributed by atoms with E-state index in [-0.39, 0.29) is 0 Å². The normalized spacial score (nSPS) is 30.7. The molecule has 0 aromatic carbocycles. The molecule has 0 spiro atoms. The van der Waals surface area contributed by atoms with E-state index in [2.05, 4.69) is 27.9 Å². The fourth-order valence-electron chi connectivity index (χ4n) is 4.67. The summed E-state index contributed by atoms with van der Waals surface area (Å²) < 4.78 is 2.48. The molecule has 4 heteroatoms. The molecule has 4 rings (SSSR count). The molecule has 3 heterocycles. The van der Waals surface area contributed by atoms with E-state index in [0.29, 0.717) is 12.1 Å². The second-order valence-corrected chi connectivity index (χ2v) is 7.19. The lowest BCUT2D eigenvalue weighted by Gasteiger charge is -2.33. The zero-order valence-corrected chi connectivity index (χ0v) is 13.2. The van der Waals surface area contributed by atoms with Crippen molar-refractivity contribution < 1.29 is 0 Å². The molecule has 21 heavy (non-hydrogen) atoms. The number of nitrogens with one attached hydrogen (secondary N) is 1. The van der Waals surface area contributed by atoms with Crippen LogP contribution in [0.5, 0.6) is 0 Å². The van der Waals surface area contributed by atoms with Gasteiger partial charge in [-0.15, -0.1) is 0 Å². The summed E-state index contributed by atoms with van der Waals surface area (Å²) >= 11 is 0. The van der Waals surface area contributed by atoms with Crippen LogP contribution in [0.15, 0.2) is 6.20 Å². The molecule has 2 unspecified atom stereocenters. The number of rotatable bonds is 3. The Balaban J connectivity index is 1.56. The van der Waals surface area contributed by atoms with Gasteiger partial charge >= 0.3 is 0 Å². The number of anilines is 1. The number of piperidine rings is 1. The van der Waals surface area contributed by atoms with Crippen LogP contribution in [0, 0.1) is 6.92 Å². The van der Waals surface area contributed by atoms with Gasteiger partial charge in [-0.1, -0.05) is 19.3 Å². The SMILES string of the molecule is Cc1cn(C2CCN3CCCCC23)c(NC2CCCC2)n1. The summed E-state index contributed by atoms with van der Waals surface area (Å²) in [5.41, 5.74) is 1.16. The van der Waals surface area contributed by atoms with Crippen LogP contribution in [-0.2, 0) is 0 Å². The van der Waals surface area contributed by atoms with Gasteiger partial charge in [0.05, 0.1) is 11.7 Å². The molecule has 1 aliphatic carbocycles. The highest BCUT2D eigenvalue weighted by Gasteiger charge is 2.37. The third-order valence-corrected chi connectivity index (χ3v) is 5.72. The molecule has 1 N–H and O–H groups in total. The second-order valence-electron chi connectivity index (χ2n) is 7.19. The van der Waals surface area contributed by atoms with Crippen molar-refractivity contribution in [3.63, 3.8) is 0 Å². The van der Waals surface area contributed by atoms with Crippen LogP contribution < -0.4 is 5.32 Å². The van der Waals surface area contributed by atoms with Crippen LogP contribution >= 0.6 is 0 Å². The Labute approximate surface area is 127 Å². The lowest BCUT2D eigenvalue weighted by molar-refractivity contribution is 0.174. The zero-order valence-electron chi connectivity index (χ0n) is 13.2. The van der Waals surface area contributed by atoms with Gasteiger partial charge in [0.1, 0.15) is 0 Å². The summed E-state index contributed by atoms with van der Waals surface area (Å²) in [5, 5.41) is 3.74. The maximum absolute atomic E-state index is 4.79. The van der Waals surface area contributed by atoms with Gasteiger partial charge in [0, 0.05) is 24.8 Å². The molecule has 2 aliphatic heterocycles. The second kappa shape index (κ2) is 5.64. The molecule has 2 atom stereocenters. The highest BCUT2D eigenvalue weighted by atomic mass is 15.3. The van der Waals surface area contributed by atoms with E-state index in [9.17, 15) is 0 Å². The van der Waals surface area contributed by atoms with Crippen LogP contribution in [-0.4, -0.2) is 39.6 Å². The molecule has 0 bridgehead atoms. The first-order valence-electron chi connectivity index (χ1n) is 8.87. The van der Waals surface area contributed by atoms with Crippen molar-refractivity contribution in [3.8, 4) is 0 Å². The minimum atomic E-state index is 0.635. The van der Waals surface area contributed by atoms with Crippen molar-refractivity contribution in [3.05, 3.63) is 11.9 Å². The molecule has 1 aromatic rings. The summed E-state index contributed by atoms with van der Waals surface area (Å²) in [6, 6.07) is 2.03. The largest absolute Gasteiger partial charge is 0.353 e. The molecule has 0 amide bonds. The topological polar surface area (TPSA) is 33.1 Å². The number of aryl methyl sites for hydroxylation is 1. The maximum atomic E-state index is 4.79. The van der Waals surface area contributed by atoms with Crippen molar-refractivity contribution in [2.45, 2.75) is 76.4 Å². The summed E-state index contributed by atoms with van der Waals surface area (Å²) in [6.07, 6.45) is 13.1. The number of nitrogens with zero attached hydrogens (tertiary/aromatic N) is 3. The number of fused-ring (bicyclic) bond motifs is 1. The van der Waals surface area contributed by atoms with E-state index >= 15 is 0 Å². The van der Waals surface area contributed by atoms with Crippen molar-refractivity contribution in [2.24, 2.45) is 0 Å². The van der Waals surface area contributed by atoms with E-state index in [1.807, 2.05) is 0 Å². The first kappa shape index (κ1) is 13.6. The average molecular weight is 288 g/mol. The molecule has 0 radical (unpaired) electrons. The highest BCUT2D eigenvalue weighted by molar-refractivity contribution is 5.32. The van der Waals surface area contributed by atoms with Gasteiger partial charge in [-0.25, -0.2) is 4.98 Å². The third-order valence-electron chi connectivity index (χ3n) is 5.72. The lowest BCUT2D eigenvalue weighted by Crippen LogP contribution is -2.38. The monoisotopic (exact) mass is 288 g/mol. The Morgan fingerprint density at radius 1 is 1.00 bits per heavy atom. The van der Waals surface area contributed by atoms with Crippen LogP contribution in [0.3, 0.4) is 0 Å².